The van der Waals surface area contributed by atoms with E-state index in [0.29, 0.717) is 0 Å². The van der Waals surface area contributed by atoms with Crippen molar-refractivity contribution in [2.24, 2.45) is 0 Å². The Bertz CT molecular complexity index is 364. The molecule has 0 aliphatic carbocycles. The number of ether oxygens (including phenoxy) is 1. The van der Waals surface area contributed by atoms with Gasteiger partial charge in [-0.1, -0.05) is 67.5 Å². The van der Waals surface area contributed by atoms with Crippen LogP contribution in [0.15, 0.2) is 18.2 Å². The normalized spacial score (nSPS) is 11.6. The first-order chi connectivity index (χ1) is 8.16. The minimum atomic E-state index is 0.118. The molecule has 0 saturated heterocycles. The maximum Gasteiger partial charge on any atom is 0.122 e. The van der Waals surface area contributed by atoms with Crippen molar-refractivity contribution < 1.29 is 4.74 Å². The predicted octanol–water partition coefficient (Wildman–Crippen LogP) is 5.32. The van der Waals surface area contributed by atoms with Crippen molar-refractivity contribution in [3.63, 3.8) is 0 Å². The molecule has 0 aromatic heterocycles. The molecule has 0 aliphatic heterocycles. The highest BCUT2D eigenvalue weighted by Gasteiger charge is 2.22. The van der Waals surface area contributed by atoms with Crippen molar-refractivity contribution in [3.8, 4) is 5.75 Å². The van der Waals surface area contributed by atoms with E-state index in [0.717, 1.165) is 5.75 Å². The largest absolute Gasteiger partial charge is 0.496 e. The molecule has 1 nitrogen and oxygen atoms in total. The van der Waals surface area contributed by atoms with E-state index in [1.165, 1.54) is 11.1 Å². The Labute approximate surface area is 114 Å². The van der Waals surface area contributed by atoms with E-state index in [-0.39, 0.29) is 10.8 Å². The summed E-state index contributed by atoms with van der Waals surface area (Å²) >= 11 is 0. The molecule has 0 amide bonds. The summed E-state index contributed by atoms with van der Waals surface area (Å²) in [6.07, 6.45) is 0. The van der Waals surface area contributed by atoms with Gasteiger partial charge in [0.15, 0.2) is 0 Å². The van der Waals surface area contributed by atoms with Gasteiger partial charge >= 0.3 is 0 Å². The quantitative estimate of drug-likeness (QED) is 0.655. The van der Waals surface area contributed by atoms with Crippen molar-refractivity contribution in [3.05, 3.63) is 29.3 Å². The molecule has 0 saturated carbocycles. The van der Waals surface area contributed by atoms with E-state index in [1.807, 2.05) is 13.8 Å². The highest BCUT2D eigenvalue weighted by molar-refractivity contribution is 5.43. The molecule has 1 aromatic carbocycles. The van der Waals surface area contributed by atoms with Crippen molar-refractivity contribution in [2.75, 3.05) is 7.11 Å². The van der Waals surface area contributed by atoms with Gasteiger partial charge < -0.3 is 4.74 Å². The van der Waals surface area contributed by atoms with Gasteiger partial charge in [0.2, 0.25) is 0 Å². The zero-order chi connectivity index (χ0) is 14.6. The minimum Gasteiger partial charge on any atom is -0.496 e. The second-order valence-electron chi connectivity index (χ2n) is 6.42. The first kappa shape index (κ1) is 17.0. The summed E-state index contributed by atoms with van der Waals surface area (Å²) < 4.78 is 5.44. The fraction of sp³-hybridized carbons (Fsp3) is 0.647. The second kappa shape index (κ2) is 6.26. The van der Waals surface area contributed by atoms with Gasteiger partial charge in [-0.2, -0.15) is 0 Å². The topological polar surface area (TPSA) is 9.23 Å². The third kappa shape index (κ3) is 4.36. The Morgan fingerprint density at radius 3 is 1.67 bits per heavy atom. The smallest absolute Gasteiger partial charge is 0.122 e. The molecule has 0 N–H and O–H groups in total. The summed E-state index contributed by atoms with van der Waals surface area (Å²) in [5.41, 5.74) is 2.94. The van der Waals surface area contributed by atoms with Crippen LogP contribution in [0.4, 0.5) is 0 Å². The molecule has 1 aromatic rings. The highest BCUT2D eigenvalue weighted by Crippen LogP contribution is 2.35. The van der Waals surface area contributed by atoms with Gasteiger partial charge in [0, 0.05) is 0 Å². The molecular formula is C17H30O. The standard InChI is InChI=1S/C15H24O.C2H6/c1-14(2,3)11-8-9-13(16-7)12(10-11)15(4,5)6;1-2/h8-10H,1-7H3;1-2H3. The van der Waals surface area contributed by atoms with Crippen molar-refractivity contribution >= 4 is 0 Å². The van der Waals surface area contributed by atoms with Gasteiger partial charge in [-0.05, 0) is 28.0 Å². The summed E-state index contributed by atoms with van der Waals surface area (Å²) in [6, 6.07) is 6.52. The fourth-order valence-electron chi connectivity index (χ4n) is 1.76. The summed E-state index contributed by atoms with van der Waals surface area (Å²) in [5.74, 6) is 0.987. The summed E-state index contributed by atoms with van der Waals surface area (Å²) in [6.45, 7) is 17.4. The van der Waals surface area contributed by atoms with E-state index < -0.39 is 0 Å². The zero-order valence-electron chi connectivity index (χ0n) is 13.6. The van der Waals surface area contributed by atoms with Crippen molar-refractivity contribution in [1.82, 2.24) is 0 Å². The number of hydrogen-bond acceptors (Lipinski definition) is 1. The lowest BCUT2D eigenvalue weighted by Gasteiger charge is -2.26. The van der Waals surface area contributed by atoms with Crippen LogP contribution in [-0.2, 0) is 10.8 Å². The number of benzene rings is 1. The van der Waals surface area contributed by atoms with Crippen molar-refractivity contribution in [2.45, 2.75) is 66.2 Å². The molecule has 0 aliphatic rings. The van der Waals surface area contributed by atoms with Crippen LogP contribution in [0.2, 0.25) is 0 Å². The Hall–Kier alpha value is -0.980. The Morgan fingerprint density at radius 2 is 1.33 bits per heavy atom. The molecule has 0 heterocycles. The van der Waals surface area contributed by atoms with E-state index in [2.05, 4.69) is 59.7 Å². The van der Waals surface area contributed by atoms with Crippen LogP contribution >= 0.6 is 0 Å². The van der Waals surface area contributed by atoms with Gasteiger partial charge in [-0.15, -0.1) is 0 Å². The van der Waals surface area contributed by atoms with Gasteiger partial charge in [0.1, 0.15) is 5.75 Å². The molecule has 18 heavy (non-hydrogen) atoms. The van der Waals surface area contributed by atoms with Gasteiger partial charge in [-0.3, -0.25) is 0 Å². The van der Waals surface area contributed by atoms with Gasteiger partial charge in [0.05, 0.1) is 7.11 Å². The maximum atomic E-state index is 5.44. The van der Waals surface area contributed by atoms with E-state index >= 15 is 0 Å². The predicted molar refractivity (Wildman–Crippen MR) is 81.7 cm³/mol. The van der Waals surface area contributed by atoms with Crippen LogP contribution in [0.1, 0.15) is 66.5 Å². The third-order valence-corrected chi connectivity index (χ3v) is 2.87. The van der Waals surface area contributed by atoms with E-state index in [1.54, 1.807) is 7.11 Å². The van der Waals surface area contributed by atoms with Crippen LogP contribution in [0.5, 0.6) is 5.75 Å². The molecule has 1 heteroatoms. The molecule has 0 unspecified atom stereocenters. The average molecular weight is 250 g/mol. The molecule has 104 valence electrons. The third-order valence-electron chi connectivity index (χ3n) is 2.87. The Morgan fingerprint density at radius 1 is 0.833 bits per heavy atom. The molecule has 0 radical (unpaired) electrons. The lowest BCUT2D eigenvalue weighted by molar-refractivity contribution is 0.396. The lowest BCUT2D eigenvalue weighted by atomic mass is 9.80. The minimum absolute atomic E-state index is 0.118. The van der Waals surface area contributed by atoms with Gasteiger partial charge in [-0.25, -0.2) is 0 Å². The fourth-order valence-corrected chi connectivity index (χ4v) is 1.76. The maximum absolute atomic E-state index is 5.44. The van der Waals surface area contributed by atoms with Crippen LogP contribution in [-0.4, -0.2) is 7.11 Å². The molecule has 0 atom stereocenters. The van der Waals surface area contributed by atoms with Gasteiger partial charge in [0.25, 0.3) is 0 Å². The first-order valence-electron chi connectivity index (χ1n) is 6.85. The Kier molecular flexibility index (Phi) is 5.92. The summed E-state index contributed by atoms with van der Waals surface area (Å²) in [7, 11) is 1.74. The van der Waals surface area contributed by atoms with Crippen molar-refractivity contribution in [1.29, 1.82) is 0 Å². The molecule has 0 fully saturated rings. The van der Waals surface area contributed by atoms with Crippen LogP contribution in [0.25, 0.3) is 0 Å². The SMILES string of the molecule is CC.COc1ccc(C(C)(C)C)cc1C(C)(C)C. The summed E-state index contributed by atoms with van der Waals surface area (Å²) in [5, 5.41) is 0. The molecular weight excluding hydrogens is 220 g/mol. The monoisotopic (exact) mass is 250 g/mol. The summed E-state index contributed by atoms with van der Waals surface area (Å²) in [4.78, 5) is 0. The van der Waals surface area contributed by atoms with Crippen LogP contribution in [0, 0.1) is 0 Å². The zero-order valence-corrected chi connectivity index (χ0v) is 13.6. The van der Waals surface area contributed by atoms with Crippen LogP contribution in [0.3, 0.4) is 0 Å². The molecule has 0 bridgehead atoms. The molecule has 0 spiro atoms. The number of rotatable bonds is 1. The Balaban J connectivity index is 0.00000137. The first-order valence-corrected chi connectivity index (χ1v) is 6.85. The number of hydrogen-bond donors (Lipinski definition) is 0. The lowest BCUT2D eigenvalue weighted by Crippen LogP contribution is -2.17. The number of methoxy groups -OCH3 is 1. The van der Waals surface area contributed by atoms with Crippen LogP contribution < -0.4 is 4.74 Å². The highest BCUT2D eigenvalue weighted by atomic mass is 16.5. The van der Waals surface area contributed by atoms with E-state index in [9.17, 15) is 0 Å². The average Bonchev–Trinajstić information content (AvgIpc) is 2.28. The molecule has 1 rings (SSSR count). The second-order valence-corrected chi connectivity index (χ2v) is 6.42. The van der Waals surface area contributed by atoms with E-state index in [4.69, 9.17) is 4.74 Å².